The molecule has 2 rings (SSSR count). The maximum atomic E-state index is 12.2. The van der Waals surface area contributed by atoms with Crippen molar-refractivity contribution in [1.82, 2.24) is 20.1 Å². The molecule has 2 aromatic heterocycles. The third-order valence-corrected chi connectivity index (χ3v) is 5.22. The minimum absolute atomic E-state index is 0. The lowest BCUT2D eigenvalue weighted by Gasteiger charge is -2.26. The van der Waals surface area contributed by atoms with E-state index in [-0.39, 0.29) is 41.8 Å². The van der Waals surface area contributed by atoms with E-state index in [0.717, 1.165) is 29.7 Å². The molecule has 0 spiro atoms. The van der Waals surface area contributed by atoms with Gasteiger partial charge in [0.05, 0.1) is 5.39 Å². The van der Waals surface area contributed by atoms with Crippen LogP contribution in [0.3, 0.4) is 0 Å². The van der Waals surface area contributed by atoms with E-state index in [2.05, 4.69) is 15.4 Å². The number of halogens is 2. The van der Waals surface area contributed by atoms with Gasteiger partial charge in [-0.1, -0.05) is 13.8 Å². The highest BCUT2D eigenvalue weighted by Crippen LogP contribution is 2.21. The van der Waals surface area contributed by atoms with E-state index in [4.69, 9.17) is 5.73 Å². The van der Waals surface area contributed by atoms with Crippen LogP contribution in [0.25, 0.3) is 11.0 Å². The van der Waals surface area contributed by atoms with Crippen LogP contribution < -0.4 is 16.6 Å². The number of nitrogens with zero attached hydrogens (tertiary/aromatic N) is 2. The van der Waals surface area contributed by atoms with E-state index < -0.39 is 0 Å². The number of carbonyl (C=O) groups excluding carboxylic acids is 1. The fourth-order valence-corrected chi connectivity index (χ4v) is 3.12. The van der Waals surface area contributed by atoms with Crippen molar-refractivity contribution in [3.8, 4) is 0 Å². The summed E-state index contributed by atoms with van der Waals surface area (Å²) in [6.07, 6.45) is 2.54. The molecule has 0 saturated heterocycles. The van der Waals surface area contributed by atoms with Gasteiger partial charge in [-0.05, 0) is 44.2 Å². The molecule has 0 saturated carbocycles. The van der Waals surface area contributed by atoms with E-state index in [9.17, 15) is 9.59 Å². The van der Waals surface area contributed by atoms with E-state index in [1.165, 1.54) is 0 Å². The first-order chi connectivity index (χ1) is 11.7. The number of nitrogens with two attached hydrogens (primary N) is 1. The summed E-state index contributed by atoms with van der Waals surface area (Å²) in [5.41, 5.74) is 9.08. The number of H-pyrrole nitrogens is 1. The lowest BCUT2D eigenvalue weighted by atomic mass is 9.94. The van der Waals surface area contributed by atoms with E-state index in [1.807, 2.05) is 27.7 Å². The zero-order valence-corrected chi connectivity index (χ0v) is 18.3. The molecule has 154 valence electrons. The van der Waals surface area contributed by atoms with Crippen molar-refractivity contribution >= 4 is 41.8 Å². The summed E-state index contributed by atoms with van der Waals surface area (Å²) in [6.45, 7) is 8.36. The Kier molecular flexibility index (Phi) is 9.52. The van der Waals surface area contributed by atoms with Gasteiger partial charge in [0.2, 0.25) is 5.91 Å². The molecular formula is C18H31Cl2N5O2. The highest BCUT2D eigenvalue weighted by Gasteiger charge is 2.21. The lowest BCUT2D eigenvalue weighted by molar-refractivity contribution is -0.121. The zero-order chi connectivity index (χ0) is 18.8. The number of nitrogens with one attached hydrogen (secondary N) is 2. The second-order valence-electron chi connectivity index (χ2n) is 6.85. The Balaban J connectivity index is 0.00000338. The van der Waals surface area contributed by atoms with Crippen molar-refractivity contribution in [2.24, 2.45) is 12.8 Å². The largest absolute Gasteiger partial charge is 0.354 e. The van der Waals surface area contributed by atoms with Gasteiger partial charge in [-0.25, -0.2) is 4.98 Å². The van der Waals surface area contributed by atoms with Crippen LogP contribution in [0.15, 0.2) is 4.79 Å². The third-order valence-electron chi connectivity index (χ3n) is 5.22. The average molecular weight is 420 g/mol. The van der Waals surface area contributed by atoms with E-state index in [0.29, 0.717) is 30.4 Å². The van der Waals surface area contributed by atoms with Gasteiger partial charge in [0, 0.05) is 31.2 Å². The monoisotopic (exact) mass is 419 g/mol. The highest BCUT2D eigenvalue weighted by molar-refractivity contribution is 5.85. The molecule has 7 nitrogen and oxygen atoms in total. The van der Waals surface area contributed by atoms with Crippen molar-refractivity contribution < 1.29 is 4.79 Å². The van der Waals surface area contributed by atoms with Gasteiger partial charge in [0.1, 0.15) is 0 Å². The Labute approximate surface area is 172 Å². The van der Waals surface area contributed by atoms with Crippen molar-refractivity contribution in [2.45, 2.75) is 58.9 Å². The molecule has 1 amide bonds. The van der Waals surface area contributed by atoms with Crippen molar-refractivity contribution in [3.05, 3.63) is 27.2 Å². The molecule has 27 heavy (non-hydrogen) atoms. The molecule has 0 radical (unpaired) electrons. The fourth-order valence-electron chi connectivity index (χ4n) is 3.12. The summed E-state index contributed by atoms with van der Waals surface area (Å²) < 4.78 is 1.63. The maximum Gasteiger partial charge on any atom is 0.273 e. The molecule has 0 aliphatic rings. The van der Waals surface area contributed by atoms with E-state index >= 15 is 0 Å². The lowest BCUT2D eigenvalue weighted by Crippen LogP contribution is -2.49. The van der Waals surface area contributed by atoms with Crippen LogP contribution in [0.2, 0.25) is 0 Å². The van der Waals surface area contributed by atoms with Gasteiger partial charge in [0.15, 0.2) is 5.65 Å². The Morgan fingerprint density at radius 2 is 1.85 bits per heavy atom. The first-order valence-electron chi connectivity index (χ1n) is 8.82. The number of fused-ring (bicyclic) bond motifs is 1. The summed E-state index contributed by atoms with van der Waals surface area (Å²) in [5, 5.41) is 6.26. The summed E-state index contributed by atoms with van der Waals surface area (Å²) in [4.78, 5) is 28.8. The average Bonchev–Trinajstić information content (AvgIpc) is 2.86. The quantitative estimate of drug-likeness (QED) is 0.639. The topological polar surface area (TPSA) is 106 Å². The second-order valence-corrected chi connectivity index (χ2v) is 6.85. The smallest absolute Gasteiger partial charge is 0.273 e. The summed E-state index contributed by atoms with van der Waals surface area (Å²) in [5.74, 6) is -0.0300. The van der Waals surface area contributed by atoms with Gasteiger partial charge in [0.25, 0.3) is 5.56 Å². The van der Waals surface area contributed by atoms with Gasteiger partial charge in [-0.15, -0.1) is 24.8 Å². The first-order valence-corrected chi connectivity index (χ1v) is 8.82. The Bertz CT molecular complexity index is 840. The minimum Gasteiger partial charge on any atom is -0.354 e. The van der Waals surface area contributed by atoms with E-state index in [1.54, 1.807) is 11.7 Å². The molecule has 4 N–H and O–H groups in total. The van der Waals surface area contributed by atoms with Crippen LogP contribution in [0.5, 0.6) is 0 Å². The molecule has 0 aliphatic carbocycles. The Hall–Kier alpha value is -1.57. The van der Waals surface area contributed by atoms with Crippen LogP contribution in [0.1, 0.15) is 49.9 Å². The molecular weight excluding hydrogens is 389 g/mol. The fraction of sp³-hybridized carbons (Fsp3) is 0.611. The molecule has 0 unspecified atom stereocenters. The number of amides is 1. The Morgan fingerprint density at radius 3 is 2.41 bits per heavy atom. The molecule has 0 bridgehead atoms. The van der Waals surface area contributed by atoms with Crippen molar-refractivity contribution in [1.29, 1.82) is 0 Å². The molecule has 0 aromatic carbocycles. The number of hydrogen-bond donors (Lipinski definition) is 3. The minimum atomic E-state index is -0.348. The maximum absolute atomic E-state index is 12.2. The zero-order valence-electron chi connectivity index (χ0n) is 16.6. The number of rotatable bonds is 7. The predicted octanol–water partition coefficient (Wildman–Crippen LogP) is 2.29. The molecule has 0 atom stereocenters. The normalized spacial score (nSPS) is 11.0. The van der Waals surface area contributed by atoms with Crippen LogP contribution >= 0.6 is 24.8 Å². The third kappa shape index (κ3) is 5.46. The predicted molar refractivity (Wildman–Crippen MR) is 114 cm³/mol. The van der Waals surface area contributed by atoms with Crippen LogP contribution in [-0.4, -0.2) is 32.8 Å². The SMILES string of the molecule is CCC(N)(CC)CNC(=O)CCc1c(C)nc2c(c1C)c(=O)[nH]n2C.Cl.Cl. The number of pyridine rings is 1. The Morgan fingerprint density at radius 1 is 1.26 bits per heavy atom. The number of aromatic nitrogens is 3. The van der Waals surface area contributed by atoms with Crippen LogP contribution in [0.4, 0.5) is 0 Å². The van der Waals surface area contributed by atoms with Crippen LogP contribution in [0, 0.1) is 13.8 Å². The summed E-state index contributed by atoms with van der Waals surface area (Å²) in [7, 11) is 1.77. The summed E-state index contributed by atoms with van der Waals surface area (Å²) in [6, 6.07) is 0. The van der Waals surface area contributed by atoms with Gasteiger partial charge in [-0.2, -0.15) is 0 Å². The number of carbonyl (C=O) groups is 1. The van der Waals surface area contributed by atoms with Gasteiger partial charge >= 0.3 is 0 Å². The number of hydrogen-bond acceptors (Lipinski definition) is 4. The van der Waals surface area contributed by atoms with Gasteiger partial charge in [-0.3, -0.25) is 19.4 Å². The molecule has 0 aliphatic heterocycles. The first kappa shape index (κ1) is 25.4. The van der Waals surface area contributed by atoms with Crippen molar-refractivity contribution in [2.75, 3.05) is 6.54 Å². The molecule has 0 fully saturated rings. The standard InChI is InChI=1S/C18H29N5O2.2ClH/c1-6-18(19,7-2)10-20-14(24)9-8-13-11(3)15-16(21-12(13)4)23(5)22-17(15)25;;/h6-10,19H2,1-5H3,(H,20,24)(H,22,25);2*1H. The number of aryl methyl sites for hydroxylation is 3. The molecule has 9 heteroatoms. The second kappa shape index (κ2) is 10.1. The highest BCUT2D eigenvalue weighted by atomic mass is 35.5. The molecule has 2 heterocycles. The number of aromatic amines is 1. The summed E-state index contributed by atoms with van der Waals surface area (Å²) >= 11 is 0. The molecule has 2 aromatic rings. The van der Waals surface area contributed by atoms with Gasteiger partial charge < -0.3 is 11.1 Å². The van der Waals surface area contributed by atoms with Crippen molar-refractivity contribution in [3.63, 3.8) is 0 Å². The van der Waals surface area contributed by atoms with Crippen LogP contribution in [-0.2, 0) is 18.3 Å².